The predicted octanol–water partition coefficient (Wildman–Crippen LogP) is 3.08. The van der Waals surface area contributed by atoms with Crippen LogP contribution in [0.5, 0.6) is 0 Å². The number of benzene rings is 1. The third kappa shape index (κ3) is 3.72. The normalized spacial score (nSPS) is 10.3. The fraction of sp³-hybridized carbons (Fsp3) is 0.111. The smallest absolute Gasteiger partial charge is 0.339 e. The van der Waals surface area contributed by atoms with E-state index in [4.69, 9.17) is 4.42 Å². The lowest BCUT2D eigenvalue weighted by atomic mass is 10.2. The third-order valence-corrected chi connectivity index (χ3v) is 3.41. The van der Waals surface area contributed by atoms with Gasteiger partial charge in [0, 0.05) is 17.4 Å². The summed E-state index contributed by atoms with van der Waals surface area (Å²) >= 11 is 0. The summed E-state index contributed by atoms with van der Waals surface area (Å²) in [5.74, 6) is 0.291. The van der Waals surface area contributed by atoms with Crippen molar-refractivity contribution < 1.29 is 18.7 Å². The Labute approximate surface area is 143 Å². The second kappa shape index (κ2) is 6.96. The molecule has 126 valence electrons. The van der Waals surface area contributed by atoms with Gasteiger partial charge in [-0.25, -0.2) is 9.78 Å². The molecule has 1 aromatic carbocycles. The van der Waals surface area contributed by atoms with E-state index in [1.54, 1.807) is 24.4 Å². The number of hydrogen-bond acceptors (Lipinski definition) is 6. The molecule has 0 fully saturated rings. The van der Waals surface area contributed by atoms with E-state index in [0.717, 1.165) is 5.56 Å². The van der Waals surface area contributed by atoms with Crippen LogP contribution in [0, 0.1) is 6.92 Å². The van der Waals surface area contributed by atoms with E-state index in [1.165, 1.54) is 25.4 Å². The maximum atomic E-state index is 12.3. The molecular formula is C18H15N3O4. The molecule has 0 saturated carbocycles. The lowest BCUT2D eigenvalue weighted by molar-refractivity contribution is 0.0600. The number of ether oxygens (including phenoxy) is 1. The second-order valence-electron chi connectivity index (χ2n) is 5.23. The van der Waals surface area contributed by atoms with Gasteiger partial charge >= 0.3 is 5.97 Å². The maximum Gasteiger partial charge on any atom is 0.339 e. The van der Waals surface area contributed by atoms with Crippen molar-refractivity contribution in [2.24, 2.45) is 0 Å². The Morgan fingerprint density at radius 2 is 1.96 bits per heavy atom. The summed E-state index contributed by atoms with van der Waals surface area (Å²) in [6, 6.07) is 10.1. The Morgan fingerprint density at radius 1 is 1.12 bits per heavy atom. The first kappa shape index (κ1) is 16.4. The average Bonchev–Trinajstić information content (AvgIpc) is 3.08. The molecule has 3 rings (SSSR count). The van der Waals surface area contributed by atoms with E-state index in [0.29, 0.717) is 17.3 Å². The van der Waals surface area contributed by atoms with E-state index in [1.807, 2.05) is 13.0 Å². The van der Waals surface area contributed by atoms with Crippen LogP contribution in [0.4, 0.5) is 5.69 Å². The van der Waals surface area contributed by atoms with Crippen LogP contribution in [0.2, 0.25) is 0 Å². The molecule has 7 heteroatoms. The highest BCUT2D eigenvalue weighted by molar-refractivity contribution is 6.03. The van der Waals surface area contributed by atoms with Crippen LogP contribution >= 0.6 is 0 Å². The number of carbonyl (C=O) groups is 2. The molecule has 0 unspecified atom stereocenters. The van der Waals surface area contributed by atoms with Crippen LogP contribution in [0.25, 0.3) is 11.5 Å². The molecule has 0 spiro atoms. The molecule has 1 N–H and O–H groups in total. The van der Waals surface area contributed by atoms with Crippen molar-refractivity contribution in [2.75, 3.05) is 12.4 Å². The van der Waals surface area contributed by atoms with Crippen molar-refractivity contribution in [3.63, 3.8) is 0 Å². The van der Waals surface area contributed by atoms with Crippen molar-refractivity contribution in [2.45, 2.75) is 6.92 Å². The van der Waals surface area contributed by atoms with Crippen molar-refractivity contribution in [1.29, 1.82) is 0 Å². The number of oxazole rings is 1. The van der Waals surface area contributed by atoms with Gasteiger partial charge in [0.05, 0.1) is 18.9 Å². The molecule has 25 heavy (non-hydrogen) atoms. The molecule has 7 nitrogen and oxygen atoms in total. The highest BCUT2D eigenvalue weighted by Gasteiger charge is 2.12. The van der Waals surface area contributed by atoms with Crippen LogP contribution in [0.15, 0.2) is 53.2 Å². The molecule has 1 amide bonds. The van der Waals surface area contributed by atoms with Crippen molar-refractivity contribution in [3.8, 4) is 11.5 Å². The van der Waals surface area contributed by atoms with Crippen molar-refractivity contribution in [1.82, 2.24) is 9.97 Å². The quantitative estimate of drug-likeness (QED) is 0.735. The Balaban J connectivity index is 1.76. The molecule has 2 heterocycles. The fourth-order valence-corrected chi connectivity index (χ4v) is 2.18. The average molecular weight is 337 g/mol. The van der Waals surface area contributed by atoms with Crippen molar-refractivity contribution in [3.05, 3.63) is 65.8 Å². The molecule has 0 aliphatic rings. The summed E-state index contributed by atoms with van der Waals surface area (Å²) in [4.78, 5) is 31.8. The van der Waals surface area contributed by atoms with Gasteiger partial charge in [-0.15, -0.1) is 0 Å². The van der Waals surface area contributed by atoms with E-state index in [-0.39, 0.29) is 11.3 Å². The summed E-state index contributed by atoms with van der Waals surface area (Å²) in [5.41, 5.74) is 1.79. The number of aryl methyl sites for hydroxylation is 1. The minimum atomic E-state index is -0.506. The maximum absolute atomic E-state index is 12.3. The topological polar surface area (TPSA) is 94.3 Å². The van der Waals surface area contributed by atoms with Crippen LogP contribution in [0.1, 0.15) is 26.6 Å². The molecule has 0 aliphatic carbocycles. The van der Waals surface area contributed by atoms with E-state index in [2.05, 4.69) is 20.0 Å². The molecule has 0 atom stereocenters. The summed E-state index contributed by atoms with van der Waals surface area (Å²) in [6.07, 6.45) is 2.93. The van der Waals surface area contributed by atoms with Gasteiger partial charge in [-0.2, -0.15) is 0 Å². The number of amides is 1. The Morgan fingerprint density at radius 3 is 2.60 bits per heavy atom. The van der Waals surface area contributed by atoms with Gasteiger partial charge in [-0.1, -0.05) is 6.07 Å². The standard InChI is InChI=1S/C18H15N3O4/c1-11-9-20-17(25-11)12-4-3-5-14(8-12)21-16(22)15-7-6-13(10-19-15)18(23)24-2/h3-10H,1-2H3,(H,21,22). The zero-order chi connectivity index (χ0) is 17.8. The highest BCUT2D eigenvalue weighted by atomic mass is 16.5. The van der Waals surface area contributed by atoms with E-state index >= 15 is 0 Å². The number of nitrogens with one attached hydrogen (secondary N) is 1. The van der Waals surface area contributed by atoms with E-state index < -0.39 is 11.9 Å². The molecular weight excluding hydrogens is 322 g/mol. The minimum Gasteiger partial charge on any atom is -0.465 e. The first-order valence-electron chi connectivity index (χ1n) is 7.45. The Bertz CT molecular complexity index is 916. The van der Waals surface area contributed by atoms with Gasteiger partial charge < -0.3 is 14.5 Å². The minimum absolute atomic E-state index is 0.185. The monoisotopic (exact) mass is 337 g/mol. The fourth-order valence-electron chi connectivity index (χ4n) is 2.18. The Hall–Kier alpha value is -3.48. The van der Waals surface area contributed by atoms with Crippen molar-refractivity contribution >= 4 is 17.6 Å². The lowest BCUT2D eigenvalue weighted by Crippen LogP contribution is -2.14. The lowest BCUT2D eigenvalue weighted by Gasteiger charge is -2.06. The largest absolute Gasteiger partial charge is 0.465 e. The first-order chi connectivity index (χ1) is 12.1. The van der Waals surface area contributed by atoms with Gasteiger partial charge in [0.1, 0.15) is 11.5 Å². The molecule has 0 saturated heterocycles. The number of methoxy groups -OCH3 is 1. The summed E-state index contributed by atoms with van der Waals surface area (Å²) in [6.45, 7) is 1.81. The third-order valence-electron chi connectivity index (χ3n) is 3.41. The van der Waals surface area contributed by atoms with Gasteiger partial charge in [-0.3, -0.25) is 9.78 Å². The number of nitrogens with zero attached hydrogens (tertiary/aromatic N) is 2. The molecule has 0 bridgehead atoms. The SMILES string of the molecule is COC(=O)c1ccc(C(=O)Nc2cccc(-c3ncc(C)o3)c2)nc1. The van der Waals surface area contributed by atoms with Gasteiger partial charge in [-0.05, 0) is 37.3 Å². The van der Waals surface area contributed by atoms with Gasteiger partial charge in [0.2, 0.25) is 5.89 Å². The molecule has 3 aromatic rings. The summed E-state index contributed by atoms with van der Waals surface area (Å²) in [7, 11) is 1.28. The van der Waals surface area contributed by atoms with Crippen LogP contribution in [0.3, 0.4) is 0 Å². The Kier molecular flexibility index (Phi) is 4.56. The number of rotatable bonds is 4. The molecule has 0 aliphatic heterocycles. The number of anilines is 1. The predicted molar refractivity (Wildman–Crippen MR) is 90.2 cm³/mol. The van der Waals surface area contributed by atoms with Crippen LogP contribution in [-0.2, 0) is 4.74 Å². The number of pyridine rings is 1. The number of esters is 1. The number of aromatic nitrogens is 2. The summed E-state index contributed by atoms with van der Waals surface area (Å²) < 4.78 is 10.1. The molecule has 0 radical (unpaired) electrons. The zero-order valence-electron chi connectivity index (χ0n) is 13.6. The second-order valence-corrected chi connectivity index (χ2v) is 5.23. The van der Waals surface area contributed by atoms with Crippen LogP contribution in [-0.4, -0.2) is 29.0 Å². The first-order valence-corrected chi connectivity index (χ1v) is 7.45. The highest BCUT2D eigenvalue weighted by Crippen LogP contribution is 2.22. The number of hydrogen-bond donors (Lipinski definition) is 1. The van der Waals surface area contributed by atoms with Gasteiger partial charge in [0.25, 0.3) is 5.91 Å². The number of carbonyl (C=O) groups excluding carboxylic acids is 2. The van der Waals surface area contributed by atoms with Crippen LogP contribution < -0.4 is 5.32 Å². The van der Waals surface area contributed by atoms with Gasteiger partial charge in [0.15, 0.2) is 0 Å². The van der Waals surface area contributed by atoms with E-state index in [9.17, 15) is 9.59 Å². The molecule has 2 aromatic heterocycles. The summed E-state index contributed by atoms with van der Waals surface area (Å²) in [5, 5.41) is 2.75. The zero-order valence-corrected chi connectivity index (χ0v) is 13.6.